The van der Waals surface area contributed by atoms with Crippen LogP contribution in [0.2, 0.25) is 0 Å². The minimum atomic E-state index is -1.30. The van der Waals surface area contributed by atoms with Crippen LogP contribution >= 0.6 is 0 Å². The molecule has 70 valence electrons. The molecule has 0 rings (SSSR count). The summed E-state index contributed by atoms with van der Waals surface area (Å²) < 4.78 is 0. The molecule has 0 radical (unpaired) electrons. The average molecular weight is 173 g/mol. The zero-order valence-corrected chi connectivity index (χ0v) is 6.62. The minimum Gasteiger partial charge on any atom is -0.550 e. The van der Waals surface area contributed by atoms with E-state index in [1.54, 1.807) is 0 Å². The van der Waals surface area contributed by atoms with E-state index < -0.39 is 18.0 Å². The Morgan fingerprint density at radius 3 is 2.25 bits per heavy atom. The molecule has 0 aliphatic carbocycles. The standard InChI is InChI=1S/C7H13NO4/c8-5(7(11)12)3-1-2-4-6(9)10/h5H,1-4,8H2,(H,9,10)(H,11,12)/p-2. The van der Waals surface area contributed by atoms with Crippen LogP contribution in [0, 0.1) is 0 Å². The highest BCUT2D eigenvalue weighted by atomic mass is 16.4. The van der Waals surface area contributed by atoms with Crippen molar-refractivity contribution in [2.45, 2.75) is 31.7 Å². The summed E-state index contributed by atoms with van der Waals surface area (Å²) in [6.45, 7) is 0. The van der Waals surface area contributed by atoms with E-state index in [9.17, 15) is 19.8 Å². The van der Waals surface area contributed by atoms with Crippen LogP contribution in [0.15, 0.2) is 0 Å². The predicted molar refractivity (Wildman–Crippen MR) is 36.5 cm³/mol. The first kappa shape index (κ1) is 10.9. The Morgan fingerprint density at radius 2 is 1.83 bits per heavy atom. The van der Waals surface area contributed by atoms with Crippen LogP contribution in [0.3, 0.4) is 0 Å². The third kappa shape index (κ3) is 5.67. The fourth-order valence-corrected chi connectivity index (χ4v) is 0.751. The summed E-state index contributed by atoms with van der Waals surface area (Å²) in [4.78, 5) is 20.0. The van der Waals surface area contributed by atoms with Gasteiger partial charge in [0.1, 0.15) is 0 Å². The SMILES string of the molecule is NC(CCCCC(=O)[O-])C(=O)[O-]. The summed E-state index contributed by atoms with van der Waals surface area (Å²) in [6.07, 6.45) is 1.04. The highest BCUT2D eigenvalue weighted by Gasteiger charge is 2.01. The van der Waals surface area contributed by atoms with Gasteiger partial charge < -0.3 is 25.5 Å². The molecular formula is C7H11NO4-2. The van der Waals surface area contributed by atoms with Crippen molar-refractivity contribution >= 4 is 11.9 Å². The molecule has 0 aliphatic rings. The maximum Gasteiger partial charge on any atom is 0.0582 e. The van der Waals surface area contributed by atoms with Crippen molar-refractivity contribution in [2.75, 3.05) is 0 Å². The van der Waals surface area contributed by atoms with Crippen LogP contribution in [-0.4, -0.2) is 18.0 Å². The fourth-order valence-electron chi connectivity index (χ4n) is 0.751. The van der Waals surface area contributed by atoms with E-state index >= 15 is 0 Å². The topological polar surface area (TPSA) is 106 Å². The first-order chi connectivity index (χ1) is 5.54. The molecule has 5 nitrogen and oxygen atoms in total. The number of carboxylic acid groups (broad SMARTS) is 2. The fraction of sp³-hybridized carbons (Fsp3) is 0.714. The Hall–Kier alpha value is -1.10. The molecule has 0 aromatic heterocycles. The second-order valence-corrected chi connectivity index (χ2v) is 2.54. The second kappa shape index (κ2) is 5.54. The Bertz CT molecular complexity index is 169. The average Bonchev–Trinajstić information content (AvgIpc) is 1.97. The summed E-state index contributed by atoms with van der Waals surface area (Å²) in [5, 5.41) is 20.0. The number of unbranched alkanes of at least 4 members (excludes halogenated alkanes) is 1. The maximum absolute atomic E-state index is 10.1. The van der Waals surface area contributed by atoms with Crippen molar-refractivity contribution in [3.05, 3.63) is 0 Å². The van der Waals surface area contributed by atoms with Crippen molar-refractivity contribution in [1.29, 1.82) is 0 Å². The zero-order valence-electron chi connectivity index (χ0n) is 6.62. The Morgan fingerprint density at radius 1 is 1.25 bits per heavy atom. The third-order valence-corrected chi connectivity index (χ3v) is 1.45. The summed E-state index contributed by atoms with van der Waals surface area (Å²) in [5.41, 5.74) is 5.11. The van der Waals surface area contributed by atoms with Crippen molar-refractivity contribution in [2.24, 2.45) is 5.73 Å². The molecule has 1 atom stereocenters. The van der Waals surface area contributed by atoms with Gasteiger partial charge in [0, 0.05) is 12.0 Å². The van der Waals surface area contributed by atoms with Gasteiger partial charge in [-0.3, -0.25) is 0 Å². The summed E-state index contributed by atoms with van der Waals surface area (Å²) >= 11 is 0. The smallest absolute Gasteiger partial charge is 0.0582 e. The number of hydrogen-bond donors (Lipinski definition) is 1. The van der Waals surface area contributed by atoms with E-state index in [1.165, 1.54) is 0 Å². The lowest BCUT2D eigenvalue weighted by Gasteiger charge is -2.11. The molecule has 0 aromatic carbocycles. The molecule has 0 aromatic rings. The van der Waals surface area contributed by atoms with Crippen LogP contribution in [0.4, 0.5) is 0 Å². The molecule has 0 saturated heterocycles. The number of carbonyl (C=O) groups is 2. The van der Waals surface area contributed by atoms with Gasteiger partial charge in [0.05, 0.1) is 5.97 Å². The van der Waals surface area contributed by atoms with E-state index in [2.05, 4.69) is 0 Å². The number of nitrogens with two attached hydrogens (primary N) is 1. The maximum atomic E-state index is 10.1. The molecule has 1 unspecified atom stereocenters. The van der Waals surface area contributed by atoms with Crippen molar-refractivity contribution in [3.8, 4) is 0 Å². The van der Waals surface area contributed by atoms with Gasteiger partial charge in [-0.25, -0.2) is 0 Å². The minimum absolute atomic E-state index is 0.0558. The number of hydrogen-bond acceptors (Lipinski definition) is 5. The Balaban J connectivity index is 3.31. The molecular weight excluding hydrogens is 162 g/mol. The predicted octanol–water partition coefficient (Wildman–Crippen LogP) is -2.63. The van der Waals surface area contributed by atoms with Gasteiger partial charge >= 0.3 is 0 Å². The molecule has 0 spiro atoms. The number of carbonyl (C=O) groups excluding carboxylic acids is 2. The highest BCUT2D eigenvalue weighted by molar-refractivity contribution is 5.70. The lowest BCUT2D eigenvalue weighted by Crippen LogP contribution is -2.41. The van der Waals surface area contributed by atoms with Crippen molar-refractivity contribution < 1.29 is 19.8 Å². The quantitative estimate of drug-likeness (QED) is 0.442. The van der Waals surface area contributed by atoms with Crippen molar-refractivity contribution in [1.82, 2.24) is 0 Å². The van der Waals surface area contributed by atoms with E-state index in [1.807, 2.05) is 0 Å². The van der Waals surface area contributed by atoms with Gasteiger partial charge in [0.25, 0.3) is 0 Å². The first-order valence-electron chi connectivity index (χ1n) is 3.70. The van der Waals surface area contributed by atoms with Crippen LogP contribution < -0.4 is 15.9 Å². The molecule has 0 amide bonds. The number of aliphatic carboxylic acids is 2. The summed E-state index contributed by atoms with van der Waals surface area (Å²) in [5.74, 6) is -2.43. The number of carboxylic acids is 2. The lowest BCUT2D eigenvalue weighted by atomic mass is 10.1. The zero-order chi connectivity index (χ0) is 9.56. The lowest BCUT2D eigenvalue weighted by molar-refractivity contribution is -0.307. The highest BCUT2D eigenvalue weighted by Crippen LogP contribution is 2.00. The monoisotopic (exact) mass is 173 g/mol. The molecule has 12 heavy (non-hydrogen) atoms. The van der Waals surface area contributed by atoms with E-state index in [-0.39, 0.29) is 12.8 Å². The Kier molecular flexibility index (Phi) is 5.03. The summed E-state index contributed by atoms with van der Waals surface area (Å²) in [6, 6.07) is -0.994. The normalized spacial score (nSPS) is 12.4. The molecule has 5 heteroatoms. The Labute approximate surface area is 70.2 Å². The second-order valence-electron chi connectivity index (χ2n) is 2.54. The molecule has 0 fully saturated rings. The van der Waals surface area contributed by atoms with Crippen molar-refractivity contribution in [3.63, 3.8) is 0 Å². The van der Waals surface area contributed by atoms with Gasteiger partial charge in [0.2, 0.25) is 0 Å². The van der Waals surface area contributed by atoms with E-state index in [0.29, 0.717) is 12.8 Å². The van der Waals surface area contributed by atoms with E-state index in [0.717, 1.165) is 0 Å². The van der Waals surface area contributed by atoms with Gasteiger partial charge in [-0.1, -0.05) is 6.42 Å². The molecule has 0 heterocycles. The molecule has 0 saturated carbocycles. The van der Waals surface area contributed by atoms with Crippen LogP contribution in [0.1, 0.15) is 25.7 Å². The van der Waals surface area contributed by atoms with Crippen LogP contribution in [-0.2, 0) is 9.59 Å². The van der Waals surface area contributed by atoms with Gasteiger partial charge in [0.15, 0.2) is 0 Å². The number of rotatable bonds is 6. The van der Waals surface area contributed by atoms with Gasteiger partial charge in [-0.05, 0) is 19.3 Å². The third-order valence-electron chi connectivity index (χ3n) is 1.45. The molecule has 2 N–H and O–H groups in total. The first-order valence-corrected chi connectivity index (χ1v) is 3.70. The van der Waals surface area contributed by atoms with Crippen LogP contribution in [0.25, 0.3) is 0 Å². The molecule has 0 aliphatic heterocycles. The van der Waals surface area contributed by atoms with Gasteiger partial charge in [-0.15, -0.1) is 0 Å². The largest absolute Gasteiger partial charge is 0.550 e. The van der Waals surface area contributed by atoms with Gasteiger partial charge in [-0.2, -0.15) is 0 Å². The van der Waals surface area contributed by atoms with E-state index in [4.69, 9.17) is 5.73 Å². The summed E-state index contributed by atoms with van der Waals surface area (Å²) in [7, 11) is 0. The van der Waals surface area contributed by atoms with Crippen LogP contribution in [0.5, 0.6) is 0 Å². The molecule has 0 bridgehead atoms.